The molecule has 0 bridgehead atoms. The molecule has 2 rings (SSSR count). The fraction of sp³-hybridized carbons (Fsp3) is 0.600. The fourth-order valence-electron chi connectivity index (χ4n) is 2.67. The third-order valence-corrected chi connectivity index (χ3v) is 4.16. The Labute approximate surface area is 115 Å². The van der Waals surface area contributed by atoms with Gasteiger partial charge in [0.2, 0.25) is 0 Å². The maximum atomic E-state index is 5.89. The van der Waals surface area contributed by atoms with Crippen LogP contribution in [-0.4, -0.2) is 31.1 Å². The molecule has 1 aliphatic heterocycles. The summed E-state index contributed by atoms with van der Waals surface area (Å²) in [5, 5.41) is 0.821. The highest BCUT2D eigenvalue weighted by Crippen LogP contribution is 2.20. The summed E-state index contributed by atoms with van der Waals surface area (Å²) < 4.78 is 0. The number of nitrogens with zero attached hydrogens (tertiary/aromatic N) is 1. The molecule has 1 aromatic rings. The second-order valence-corrected chi connectivity index (χ2v) is 5.68. The van der Waals surface area contributed by atoms with Crippen LogP contribution in [0.2, 0.25) is 5.02 Å². The van der Waals surface area contributed by atoms with E-state index >= 15 is 0 Å². The van der Waals surface area contributed by atoms with Gasteiger partial charge in [0.15, 0.2) is 0 Å². The van der Waals surface area contributed by atoms with E-state index in [2.05, 4.69) is 17.0 Å². The first-order chi connectivity index (χ1) is 8.78. The Morgan fingerprint density at radius 3 is 2.44 bits per heavy atom. The van der Waals surface area contributed by atoms with Crippen molar-refractivity contribution in [1.29, 1.82) is 0 Å². The minimum Gasteiger partial charge on any atom is -0.330 e. The molecule has 2 N–H and O–H groups in total. The highest BCUT2D eigenvalue weighted by Gasteiger charge is 2.17. The van der Waals surface area contributed by atoms with Crippen LogP contribution < -0.4 is 5.73 Å². The van der Waals surface area contributed by atoms with Gasteiger partial charge in [-0.25, -0.2) is 0 Å². The largest absolute Gasteiger partial charge is 0.330 e. The van der Waals surface area contributed by atoms with Crippen molar-refractivity contribution < 1.29 is 0 Å². The van der Waals surface area contributed by atoms with Crippen LogP contribution in [0.5, 0.6) is 0 Å². The Morgan fingerprint density at radius 2 is 1.83 bits per heavy atom. The van der Waals surface area contributed by atoms with Crippen LogP contribution >= 0.6 is 11.6 Å². The van der Waals surface area contributed by atoms with Crippen LogP contribution in [0.1, 0.15) is 24.8 Å². The van der Waals surface area contributed by atoms with E-state index in [9.17, 15) is 0 Å². The molecule has 1 fully saturated rings. The molecule has 0 aliphatic carbocycles. The Hall–Kier alpha value is -0.570. The van der Waals surface area contributed by atoms with Crippen LogP contribution in [0.4, 0.5) is 0 Å². The molecule has 0 aromatic heterocycles. The van der Waals surface area contributed by atoms with E-state index in [-0.39, 0.29) is 0 Å². The second kappa shape index (κ2) is 7.13. The molecule has 1 heterocycles. The maximum absolute atomic E-state index is 5.89. The minimum atomic E-state index is 0.821. The molecular weight excluding hydrogens is 244 g/mol. The molecule has 0 spiro atoms. The topological polar surface area (TPSA) is 29.3 Å². The minimum absolute atomic E-state index is 0.821. The lowest BCUT2D eigenvalue weighted by Crippen LogP contribution is -2.35. The summed E-state index contributed by atoms with van der Waals surface area (Å²) in [5.74, 6) is 0.863. The van der Waals surface area contributed by atoms with Gasteiger partial charge in [-0.15, -0.1) is 0 Å². The van der Waals surface area contributed by atoms with E-state index in [1.165, 1.54) is 37.9 Å². The SMILES string of the molecule is NCCC1CCN(CCc2ccc(Cl)cc2)CC1. The lowest BCUT2D eigenvalue weighted by atomic mass is 9.93. The molecule has 100 valence electrons. The molecular formula is C15H23ClN2. The van der Waals surface area contributed by atoms with Crippen molar-refractivity contribution >= 4 is 11.6 Å². The third-order valence-electron chi connectivity index (χ3n) is 3.91. The number of piperidine rings is 1. The molecule has 3 heteroatoms. The average Bonchev–Trinajstić information content (AvgIpc) is 2.40. The molecule has 0 atom stereocenters. The number of benzene rings is 1. The third kappa shape index (κ3) is 4.27. The van der Waals surface area contributed by atoms with E-state index in [4.69, 9.17) is 17.3 Å². The van der Waals surface area contributed by atoms with Crippen molar-refractivity contribution in [2.45, 2.75) is 25.7 Å². The molecule has 0 radical (unpaired) electrons. The lowest BCUT2D eigenvalue weighted by molar-refractivity contribution is 0.182. The monoisotopic (exact) mass is 266 g/mol. The second-order valence-electron chi connectivity index (χ2n) is 5.24. The summed E-state index contributed by atoms with van der Waals surface area (Å²) in [6.45, 7) is 4.48. The van der Waals surface area contributed by atoms with Gasteiger partial charge < -0.3 is 10.6 Å². The van der Waals surface area contributed by atoms with Gasteiger partial charge in [0.05, 0.1) is 0 Å². The number of rotatable bonds is 5. The molecule has 1 saturated heterocycles. The van der Waals surface area contributed by atoms with Gasteiger partial charge in [-0.2, -0.15) is 0 Å². The highest BCUT2D eigenvalue weighted by molar-refractivity contribution is 6.30. The first-order valence-electron chi connectivity index (χ1n) is 6.95. The van der Waals surface area contributed by atoms with Crippen LogP contribution in [-0.2, 0) is 6.42 Å². The maximum Gasteiger partial charge on any atom is 0.0406 e. The number of nitrogens with two attached hydrogens (primary N) is 1. The van der Waals surface area contributed by atoms with E-state index < -0.39 is 0 Å². The van der Waals surface area contributed by atoms with Crippen LogP contribution in [0, 0.1) is 5.92 Å². The Bertz CT molecular complexity index is 342. The van der Waals surface area contributed by atoms with Gasteiger partial charge in [-0.05, 0) is 68.9 Å². The first-order valence-corrected chi connectivity index (χ1v) is 7.32. The zero-order chi connectivity index (χ0) is 12.8. The Morgan fingerprint density at radius 1 is 1.17 bits per heavy atom. The lowest BCUT2D eigenvalue weighted by Gasteiger charge is -2.31. The van der Waals surface area contributed by atoms with Crippen LogP contribution in [0.25, 0.3) is 0 Å². The molecule has 0 saturated carbocycles. The van der Waals surface area contributed by atoms with E-state index in [1.54, 1.807) is 0 Å². The highest BCUT2D eigenvalue weighted by atomic mass is 35.5. The van der Waals surface area contributed by atoms with Gasteiger partial charge in [0, 0.05) is 11.6 Å². The van der Waals surface area contributed by atoms with Crippen LogP contribution in [0.3, 0.4) is 0 Å². The van der Waals surface area contributed by atoms with Gasteiger partial charge >= 0.3 is 0 Å². The molecule has 1 aliphatic rings. The van der Waals surface area contributed by atoms with Crippen molar-refractivity contribution in [1.82, 2.24) is 4.90 Å². The quantitative estimate of drug-likeness (QED) is 0.888. The summed E-state index contributed by atoms with van der Waals surface area (Å²) in [4.78, 5) is 2.57. The zero-order valence-electron chi connectivity index (χ0n) is 10.9. The summed E-state index contributed by atoms with van der Waals surface area (Å²) in [7, 11) is 0. The summed E-state index contributed by atoms with van der Waals surface area (Å²) >= 11 is 5.89. The number of hydrogen-bond donors (Lipinski definition) is 1. The predicted octanol–water partition coefficient (Wildman–Crippen LogP) is 2.94. The molecule has 18 heavy (non-hydrogen) atoms. The average molecular weight is 267 g/mol. The molecule has 0 unspecified atom stereocenters. The first kappa shape index (κ1) is 13.9. The molecule has 2 nitrogen and oxygen atoms in total. The Kier molecular flexibility index (Phi) is 5.48. The van der Waals surface area contributed by atoms with Crippen molar-refractivity contribution in [3.8, 4) is 0 Å². The van der Waals surface area contributed by atoms with Gasteiger partial charge in [-0.1, -0.05) is 23.7 Å². The summed E-state index contributed by atoms with van der Waals surface area (Å²) in [6.07, 6.45) is 4.96. The van der Waals surface area contributed by atoms with Gasteiger partial charge in [0.25, 0.3) is 0 Å². The normalized spacial score (nSPS) is 18.1. The van der Waals surface area contributed by atoms with Crippen molar-refractivity contribution in [3.05, 3.63) is 34.9 Å². The van der Waals surface area contributed by atoms with Crippen molar-refractivity contribution in [2.75, 3.05) is 26.2 Å². The number of halogens is 1. The standard InChI is InChI=1S/C15H23ClN2/c16-15-3-1-13(2-4-15)6-10-18-11-7-14(5-9-17)8-12-18/h1-4,14H,5-12,17H2. The molecule has 1 aromatic carbocycles. The fourth-order valence-corrected chi connectivity index (χ4v) is 2.80. The van der Waals surface area contributed by atoms with Crippen molar-refractivity contribution in [2.24, 2.45) is 11.7 Å². The predicted molar refractivity (Wildman–Crippen MR) is 78.0 cm³/mol. The van der Waals surface area contributed by atoms with Crippen molar-refractivity contribution in [3.63, 3.8) is 0 Å². The van der Waals surface area contributed by atoms with Gasteiger partial charge in [-0.3, -0.25) is 0 Å². The molecule has 0 amide bonds. The van der Waals surface area contributed by atoms with Crippen LogP contribution in [0.15, 0.2) is 24.3 Å². The number of likely N-dealkylation sites (tertiary alicyclic amines) is 1. The van der Waals surface area contributed by atoms with E-state index in [0.717, 1.165) is 30.5 Å². The van der Waals surface area contributed by atoms with Gasteiger partial charge in [0.1, 0.15) is 0 Å². The van der Waals surface area contributed by atoms with E-state index in [0.29, 0.717) is 0 Å². The smallest absolute Gasteiger partial charge is 0.0406 e. The zero-order valence-corrected chi connectivity index (χ0v) is 11.7. The summed E-state index contributed by atoms with van der Waals surface area (Å²) in [6, 6.07) is 8.21. The number of hydrogen-bond acceptors (Lipinski definition) is 2. The van der Waals surface area contributed by atoms with E-state index in [1.807, 2.05) is 12.1 Å². The summed E-state index contributed by atoms with van der Waals surface area (Å²) in [5.41, 5.74) is 6.99. The Balaban J connectivity index is 1.70.